The standard InChI is InChI=1S/C12H12F2N2O4S/c1-19-9-10(20-2)16-11-6(15-9)5-7(21-11)12(13,14)4-3-8(17)18/h5H,3-4H2,1-2H3,(H,17,18). The molecule has 6 nitrogen and oxygen atoms in total. The van der Waals surface area contributed by atoms with E-state index >= 15 is 0 Å². The van der Waals surface area contributed by atoms with Crippen molar-refractivity contribution >= 4 is 27.7 Å². The highest BCUT2D eigenvalue weighted by Gasteiger charge is 2.34. The first kappa shape index (κ1) is 15.4. The summed E-state index contributed by atoms with van der Waals surface area (Å²) in [4.78, 5) is 18.5. The number of methoxy groups -OCH3 is 2. The van der Waals surface area contributed by atoms with Crippen molar-refractivity contribution in [2.24, 2.45) is 0 Å². The molecule has 0 aliphatic carbocycles. The highest BCUT2D eigenvalue weighted by molar-refractivity contribution is 7.18. The van der Waals surface area contributed by atoms with Crippen LogP contribution < -0.4 is 9.47 Å². The summed E-state index contributed by atoms with van der Waals surface area (Å²) in [5.41, 5.74) is 0.252. The molecule has 0 amide bonds. The van der Waals surface area contributed by atoms with Crippen LogP contribution in [0.2, 0.25) is 0 Å². The Labute approximate surface area is 122 Å². The van der Waals surface area contributed by atoms with Crippen LogP contribution in [-0.2, 0) is 10.7 Å². The van der Waals surface area contributed by atoms with Crippen LogP contribution in [0.1, 0.15) is 17.7 Å². The molecule has 0 aliphatic heterocycles. The van der Waals surface area contributed by atoms with Crippen molar-refractivity contribution < 1.29 is 28.2 Å². The quantitative estimate of drug-likeness (QED) is 0.882. The van der Waals surface area contributed by atoms with Crippen molar-refractivity contribution in [3.63, 3.8) is 0 Å². The first-order chi connectivity index (χ1) is 9.87. The van der Waals surface area contributed by atoms with Crippen molar-refractivity contribution in [1.29, 1.82) is 0 Å². The van der Waals surface area contributed by atoms with Crippen LogP contribution in [0.5, 0.6) is 11.8 Å². The zero-order valence-corrected chi connectivity index (χ0v) is 12.0. The number of aromatic nitrogens is 2. The molecule has 2 aromatic heterocycles. The van der Waals surface area contributed by atoms with Gasteiger partial charge in [0, 0.05) is 6.42 Å². The highest BCUT2D eigenvalue weighted by Crippen LogP contribution is 2.40. The lowest BCUT2D eigenvalue weighted by atomic mass is 10.1. The third-order valence-corrected chi connectivity index (χ3v) is 3.83. The normalized spacial score (nSPS) is 11.6. The summed E-state index contributed by atoms with van der Waals surface area (Å²) in [7, 11) is 2.74. The minimum atomic E-state index is -3.24. The molecular formula is C12H12F2N2O4S. The Hall–Kier alpha value is -2.03. The summed E-state index contributed by atoms with van der Waals surface area (Å²) in [5, 5.41) is 8.51. The molecule has 0 fully saturated rings. The summed E-state index contributed by atoms with van der Waals surface area (Å²) in [5.74, 6) is -4.31. The fourth-order valence-electron chi connectivity index (χ4n) is 1.66. The van der Waals surface area contributed by atoms with Crippen LogP contribution in [0.4, 0.5) is 8.78 Å². The van der Waals surface area contributed by atoms with Gasteiger partial charge in [-0.25, -0.2) is 13.8 Å². The maximum atomic E-state index is 13.9. The molecule has 1 N–H and O–H groups in total. The van der Waals surface area contributed by atoms with Gasteiger partial charge in [-0.2, -0.15) is 4.98 Å². The number of hydrogen-bond acceptors (Lipinski definition) is 6. The number of thiophene rings is 1. The van der Waals surface area contributed by atoms with E-state index in [1.54, 1.807) is 0 Å². The maximum Gasteiger partial charge on any atom is 0.303 e. The lowest BCUT2D eigenvalue weighted by Gasteiger charge is -2.12. The van der Waals surface area contributed by atoms with Gasteiger partial charge in [0.15, 0.2) is 0 Å². The Balaban J connectivity index is 2.40. The summed E-state index contributed by atoms with van der Waals surface area (Å²) < 4.78 is 37.8. The van der Waals surface area contributed by atoms with Crippen molar-refractivity contribution in [3.05, 3.63) is 10.9 Å². The number of rotatable bonds is 6. The highest BCUT2D eigenvalue weighted by atomic mass is 32.1. The van der Waals surface area contributed by atoms with Gasteiger partial charge in [-0.3, -0.25) is 4.79 Å². The number of carboxylic acids is 1. The van der Waals surface area contributed by atoms with Gasteiger partial charge in [0.25, 0.3) is 17.7 Å². The number of nitrogens with zero attached hydrogens (tertiary/aromatic N) is 2. The van der Waals surface area contributed by atoms with Crippen LogP contribution >= 0.6 is 11.3 Å². The molecular weight excluding hydrogens is 306 g/mol. The summed E-state index contributed by atoms with van der Waals surface area (Å²) in [6.45, 7) is 0. The molecule has 0 spiro atoms. The summed E-state index contributed by atoms with van der Waals surface area (Å²) in [6, 6.07) is 1.19. The number of fused-ring (bicyclic) bond motifs is 1. The van der Waals surface area contributed by atoms with Gasteiger partial charge in [-0.15, -0.1) is 11.3 Å². The van der Waals surface area contributed by atoms with E-state index < -0.39 is 24.7 Å². The van der Waals surface area contributed by atoms with E-state index in [0.29, 0.717) is 0 Å². The first-order valence-electron chi connectivity index (χ1n) is 5.87. The Kier molecular flexibility index (Phi) is 4.21. The number of halogens is 2. The van der Waals surface area contributed by atoms with Crippen LogP contribution in [0, 0.1) is 0 Å². The third-order valence-electron chi connectivity index (χ3n) is 2.70. The van der Waals surface area contributed by atoms with E-state index in [4.69, 9.17) is 14.6 Å². The van der Waals surface area contributed by atoms with Gasteiger partial charge >= 0.3 is 5.97 Å². The molecule has 0 unspecified atom stereocenters. The van der Waals surface area contributed by atoms with Crippen molar-refractivity contribution in [1.82, 2.24) is 9.97 Å². The van der Waals surface area contributed by atoms with E-state index in [9.17, 15) is 13.6 Å². The largest absolute Gasteiger partial charge is 0.481 e. The zero-order valence-electron chi connectivity index (χ0n) is 11.2. The molecule has 0 aliphatic rings. The second kappa shape index (κ2) is 5.76. The Morgan fingerprint density at radius 1 is 1.33 bits per heavy atom. The maximum absolute atomic E-state index is 13.9. The van der Waals surface area contributed by atoms with Gasteiger partial charge in [0.05, 0.1) is 25.5 Å². The predicted octanol–water partition coefficient (Wildman–Crippen LogP) is 2.67. The number of carboxylic acid groups (broad SMARTS) is 1. The lowest BCUT2D eigenvalue weighted by Crippen LogP contribution is -2.13. The molecule has 0 saturated heterocycles. The van der Waals surface area contributed by atoms with Gasteiger partial charge in [-0.05, 0) is 6.07 Å². The van der Waals surface area contributed by atoms with Crippen LogP contribution in [0.25, 0.3) is 10.3 Å². The Morgan fingerprint density at radius 3 is 2.52 bits per heavy atom. The molecule has 0 atom stereocenters. The van der Waals surface area contributed by atoms with Crippen molar-refractivity contribution in [2.75, 3.05) is 14.2 Å². The van der Waals surface area contributed by atoms with Gasteiger partial charge in [0.2, 0.25) is 0 Å². The molecule has 2 rings (SSSR count). The number of ether oxygens (including phenoxy) is 2. The molecule has 0 radical (unpaired) electrons. The van der Waals surface area contributed by atoms with Gasteiger partial charge < -0.3 is 14.6 Å². The molecule has 0 bridgehead atoms. The van der Waals surface area contributed by atoms with E-state index in [2.05, 4.69) is 9.97 Å². The average molecular weight is 318 g/mol. The topological polar surface area (TPSA) is 81.5 Å². The predicted molar refractivity (Wildman–Crippen MR) is 71.3 cm³/mol. The number of hydrogen-bond donors (Lipinski definition) is 1. The van der Waals surface area contributed by atoms with Crippen molar-refractivity contribution in [3.8, 4) is 11.8 Å². The molecule has 21 heavy (non-hydrogen) atoms. The first-order valence-corrected chi connectivity index (χ1v) is 6.68. The molecule has 0 saturated carbocycles. The number of alkyl halides is 2. The average Bonchev–Trinajstić information content (AvgIpc) is 2.87. The molecule has 9 heteroatoms. The third kappa shape index (κ3) is 3.18. The van der Waals surface area contributed by atoms with Crippen LogP contribution in [0.3, 0.4) is 0 Å². The Bertz CT molecular complexity index is 634. The lowest BCUT2D eigenvalue weighted by molar-refractivity contribution is -0.139. The smallest absolute Gasteiger partial charge is 0.303 e. The van der Waals surface area contributed by atoms with Crippen LogP contribution in [0.15, 0.2) is 6.07 Å². The van der Waals surface area contributed by atoms with E-state index in [0.717, 1.165) is 11.3 Å². The SMILES string of the molecule is COc1nc2cc(C(F)(F)CCC(=O)O)sc2nc1OC. The second-order valence-corrected chi connectivity index (χ2v) is 5.17. The monoisotopic (exact) mass is 318 g/mol. The minimum absolute atomic E-state index is 0.100. The molecule has 0 aromatic carbocycles. The van der Waals surface area contributed by atoms with E-state index in [1.807, 2.05) is 0 Å². The zero-order chi connectivity index (χ0) is 15.6. The van der Waals surface area contributed by atoms with Gasteiger partial charge in [-0.1, -0.05) is 0 Å². The van der Waals surface area contributed by atoms with Crippen molar-refractivity contribution in [2.45, 2.75) is 18.8 Å². The van der Waals surface area contributed by atoms with E-state index in [-0.39, 0.29) is 27.0 Å². The Morgan fingerprint density at radius 2 is 1.95 bits per heavy atom. The van der Waals surface area contributed by atoms with E-state index in [1.165, 1.54) is 20.3 Å². The fraction of sp³-hybridized carbons (Fsp3) is 0.417. The summed E-state index contributed by atoms with van der Waals surface area (Å²) >= 11 is 0.753. The van der Waals surface area contributed by atoms with Gasteiger partial charge in [0.1, 0.15) is 10.3 Å². The second-order valence-electron chi connectivity index (χ2n) is 4.14. The fourth-order valence-corrected chi connectivity index (χ4v) is 2.63. The molecule has 2 heterocycles. The molecule has 2 aromatic rings. The molecule has 114 valence electrons. The summed E-state index contributed by atoms with van der Waals surface area (Å²) in [6.07, 6.45) is -1.39. The number of carbonyl (C=O) groups is 1. The number of aliphatic carboxylic acids is 1. The van der Waals surface area contributed by atoms with Crippen LogP contribution in [-0.4, -0.2) is 35.3 Å². The minimum Gasteiger partial charge on any atom is -0.481 e.